The maximum atomic E-state index is 13.8. The molecule has 0 spiro atoms. The van der Waals surface area contributed by atoms with Crippen molar-refractivity contribution in [2.24, 2.45) is 11.7 Å². The number of pyridine rings is 1. The number of amides is 1. The summed E-state index contributed by atoms with van der Waals surface area (Å²) in [6.07, 6.45) is -2.49. The van der Waals surface area contributed by atoms with Gasteiger partial charge in [-0.3, -0.25) is 9.78 Å². The van der Waals surface area contributed by atoms with Crippen molar-refractivity contribution in [2.45, 2.75) is 52.4 Å². The van der Waals surface area contributed by atoms with Crippen molar-refractivity contribution in [3.05, 3.63) is 47.3 Å². The Hall–Kier alpha value is -2.61. The largest absolute Gasteiger partial charge is 0.491 e. The van der Waals surface area contributed by atoms with E-state index in [1.807, 2.05) is 20.8 Å². The second-order valence-corrected chi connectivity index (χ2v) is 8.75. The second-order valence-electron chi connectivity index (χ2n) is 8.75. The van der Waals surface area contributed by atoms with Gasteiger partial charge in [0, 0.05) is 18.3 Å². The molecule has 1 aromatic heterocycles. The maximum absolute atomic E-state index is 13.8. The summed E-state index contributed by atoms with van der Waals surface area (Å²) in [4.78, 5) is 18.5. The average molecular weight is 435 g/mol. The van der Waals surface area contributed by atoms with Gasteiger partial charge in [-0.1, -0.05) is 19.9 Å². The molecule has 3 rings (SSSR count). The van der Waals surface area contributed by atoms with Crippen LogP contribution in [0.15, 0.2) is 30.5 Å². The van der Waals surface area contributed by atoms with Crippen molar-refractivity contribution in [3.8, 4) is 16.9 Å². The Bertz CT molecular complexity index is 971. The summed E-state index contributed by atoms with van der Waals surface area (Å²) >= 11 is 0. The normalized spacial score (nSPS) is 15.9. The lowest BCUT2D eigenvalue weighted by Crippen LogP contribution is -2.43. The summed E-state index contributed by atoms with van der Waals surface area (Å²) in [5.41, 5.74) is 6.21. The third-order valence-corrected chi connectivity index (χ3v) is 5.28. The molecule has 0 saturated heterocycles. The highest BCUT2D eigenvalue weighted by Crippen LogP contribution is 2.40. The molecule has 0 saturated carbocycles. The standard InChI is InChI=1S/C23H28F3N3O2/c1-5-29-12-18-20(21(29)30)16(8-9-28-18)15-6-7-19(17(10-15)23(24,25)26)31-13-22(4,27)11-14(2)3/h6-10,14H,5,11-13,27H2,1-4H3. The first kappa shape index (κ1) is 23.1. The van der Waals surface area contributed by atoms with Crippen LogP contribution < -0.4 is 10.5 Å². The van der Waals surface area contributed by atoms with E-state index in [-0.39, 0.29) is 24.2 Å². The first-order valence-electron chi connectivity index (χ1n) is 10.3. The van der Waals surface area contributed by atoms with E-state index in [4.69, 9.17) is 10.5 Å². The lowest BCUT2D eigenvalue weighted by molar-refractivity contribution is -0.139. The number of carbonyl (C=O) groups excluding carboxylic acids is 1. The minimum Gasteiger partial charge on any atom is -0.491 e. The van der Waals surface area contributed by atoms with Crippen LogP contribution in [0.1, 0.15) is 55.7 Å². The highest BCUT2D eigenvalue weighted by Gasteiger charge is 2.36. The molecule has 5 nitrogen and oxygen atoms in total. The maximum Gasteiger partial charge on any atom is 0.419 e. The summed E-state index contributed by atoms with van der Waals surface area (Å²) < 4.78 is 47.1. The fourth-order valence-corrected chi connectivity index (χ4v) is 4.05. The Kier molecular flexibility index (Phi) is 6.32. The molecule has 2 N–H and O–H groups in total. The van der Waals surface area contributed by atoms with E-state index < -0.39 is 17.3 Å². The molecule has 31 heavy (non-hydrogen) atoms. The number of benzene rings is 1. The molecule has 1 aliphatic rings. The number of hydrogen-bond acceptors (Lipinski definition) is 4. The van der Waals surface area contributed by atoms with Gasteiger partial charge in [0.25, 0.3) is 5.91 Å². The number of nitrogens with two attached hydrogens (primary N) is 1. The molecule has 8 heteroatoms. The van der Waals surface area contributed by atoms with E-state index in [0.29, 0.717) is 41.9 Å². The van der Waals surface area contributed by atoms with Crippen molar-refractivity contribution >= 4 is 5.91 Å². The van der Waals surface area contributed by atoms with Crippen molar-refractivity contribution in [3.63, 3.8) is 0 Å². The van der Waals surface area contributed by atoms with E-state index in [1.165, 1.54) is 12.3 Å². The van der Waals surface area contributed by atoms with Gasteiger partial charge in [0.15, 0.2) is 0 Å². The van der Waals surface area contributed by atoms with Crippen LogP contribution in [-0.2, 0) is 12.7 Å². The molecule has 1 amide bonds. The van der Waals surface area contributed by atoms with Crippen LogP contribution >= 0.6 is 0 Å². The van der Waals surface area contributed by atoms with Crippen molar-refractivity contribution < 1.29 is 22.7 Å². The number of aromatic nitrogens is 1. The molecule has 0 aliphatic carbocycles. The van der Waals surface area contributed by atoms with Crippen LogP contribution in [0.25, 0.3) is 11.1 Å². The smallest absolute Gasteiger partial charge is 0.419 e. The van der Waals surface area contributed by atoms with E-state index in [9.17, 15) is 18.0 Å². The average Bonchev–Trinajstić information content (AvgIpc) is 3.01. The molecule has 2 heterocycles. The van der Waals surface area contributed by atoms with Crippen LogP contribution in [0.3, 0.4) is 0 Å². The Morgan fingerprint density at radius 1 is 1.26 bits per heavy atom. The second kappa shape index (κ2) is 8.49. The van der Waals surface area contributed by atoms with Crippen LogP contribution in [-0.4, -0.2) is 34.5 Å². The molecule has 0 fully saturated rings. The Morgan fingerprint density at radius 3 is 2.58 bits per heavy atom. The van der Waals surface area contributed by atoms with Crippen molar-refractivity contribution in [1.82, 2.24) is 9.88 Å². The zero-order chi connectivity index (χ0) is 23.0. The quantitative estimate of drug-likeness (QED) is 0.673. The van der Waals surface area contributed by atoms with Crippen LogP contribution in [0.4, 0.5) is 13.2 Å². The molecule has 1 aromatic carbocycles. The predicted molar refractivity (Wildman–Crippen MR) is 113 cm³/mol. The Morgan fingerprint density at radius 2 is 1.97 bits per heavy atom. The zero-order valence-electron chi connectivity index (χ0n) is 18.2. The van der Waals surface area contributed by atoms with E-state index in [0.717, 1.165) is 6.07 Å². The first-order valence-corrected chi connectivity index (χ1v) is 10.3. The number of halogens is 3. The number of ether oxygens (including phenoxy) is 1. The SMILES string of the molecule is CCN1Cc2nccc(-c3ccc(OCC(C)(N)CC(C)C)c(C(F)(F)F)c3)c2C1=O. The molecule has 1 aliphatic heterocycles. The first-order chi connectivity index (χ1) is 14.4. The van der Waals surface area contributed by atoms with Gasteiger partial charge in [0.1, 0.15) is 12.4 Å². The van der Waals surface area contributed by atoms with Crippen molar-refractivity contribution in [1.29, 1.82) is 0 Å². The molecular weight excluding hydrogens is 407 g/mol. The third-order valence-electron chi connectivity index (χ3n) is 5.28. The molecule has 1 unspecified atom stereocenters. The minimum absolute atomic E-state index is 0.0395. The molecule has 0 bridgehead atoms. The lowest BCUT2D eigenvalue weighted by Gasteiger charge is -2.27. The summed E-state index contributed by atoms with van der Waals surface area (Å²) in [5, 5.41) is 0. The van der Waals surface area contributed by atoms with Crippen molar-refractivity contribution in [2.75, 3.05) is 13.2 Å². The molecule has 1 atom stereocenters. The Balaban J connectivity index is 1.98. The van der Waals surface area contributed by atoms with Gasteiger partial charge in [-0.25, -0.2) is 0 Å². The van der Waals surface area contributed by atoms with Gasteiger partial charge in [-0.2, -0.15) is 13.2 Å². The van der Waals surface area contributed by atoms with Crippen LogP contribution in [0.2, 0.25) is 0 Å². The number of hydrogen-bond donors (Lipinski definition) is 1. The Labute approximate surface area is 180 Å². The number of carbonyl (C=O) groups is 1. The van der Waals surface area contributed by atoms with E-state index >= 15 is 0 Å². The van der Waals surface area contributed by atoms with E-state index in [2.05, 4.69) is 4.98 Å². The van der Waals surface area contributed by atoms with Gasteiger partial charge in [-0.15, -0.1) is 0 Å². The van der Waals surface area contributed by atoms with Crippen LogP contribution in [0.5, 0.6) is 5.75 Å². The molecule has 2 aromatic rings. The number of rotatable bonds is 7. The van der Waals surface area contributed by atoms with Gasteiger partial charge in [-0.05, 0) is 55.5 Å². The van der Waals surface area contributed by atoms with Crippen LogP contribution in [0, 0.1) is 5.92 Å². The summed E-state index contributed by atoms with van der Waals surface area (Å²) in [6.45, 7) is 8.43. The fourth-order valence-electron chi connectivity index (χ4n) is 4.05. The third kappa shape index (κ3) is 5.01. The lowest BCUT2D eigenvalue weighted by atomic mass is 9.92. The van der Waals surface area contributed by atoms with Gasteiger partial charge in [0.2, 0.25) is 0 Å². The highest BCUT2D eigenvalue weighted by atomic mass is 19.4. The van der Waals surface area contributed by atoms with Gasteiger partial charge >= 0.3 is 6.18 Å². The van der Waals surface area contributed by atoms with Gasteiger partial charge < -0.3 is 15.4 Å². The topological polar surface area (TPSA) is 68.5 Å². The summed E-state index contributed by atoms with van der Waals surface area (Å²) in [5.74, 6) is -0.206. The predicted octanol–water partition coefficient (Wildman–Crippen LogP) is 4.89. The zero-order valence-corrected chi connectivity index (χ0v) is 18.2. The number of fused-ring (bicyclic) bond motifs is 1. The minimum atomic E-state index is -4.62. The molecular formula is C23H28F3N3O2. The molecule has 0 radical (unpaired) electrons. The molecule has 168 valence electrons. The van der Waals surface area contributed by atoms with Gasteiger partial charge in [0.05, 0.1) is 23.4 Å². The number of alkyl halides is 3. The highest BCUT2D eigenvalue weighted by molar-refractivity contribution is 6.04. The fraction of sp³-hybridized carbons (Fsp3) is 0.478. The number of nitrogens with zero attached hydrogens (tertiary/aromatic N) is 2. The summed E-state index contributed by atoms with van der Waals surface area (Å²) in [6, 6.07) is 5.44. The van der Waals surface area contributed by atoms with E-state index in [1.54, 1.807) is 24.0 Å². The summed E-state index contributed by atoms with van der Waals surface area (Å²) in [7, 11) is 0. The monoisotopic (exact) mass is 435 g/mol.